The molecule has 2 amide bonds. The highest BCUT2D eigenvalue weighted by atomic mass is 16.2. The average molecular weight is 324 g/mol. The van der Waals surface area contributed by atoms with Crippen molar-refractivity contribution >= 4 is 17.5 Å². The van der Waals surface area contributed by atoms with Crippen molar-refractivity contribution in [1.29, 1.82) is 0 Å². The van der Waals surface area contributed by atoms with E-state index in [9.17, 15) is 9.59 Å². The fraction of sp³-hybridized carbons (Fsp3) is 0.300. The molecule has 0 spiro atoms. The lowest BCUT2D eigenvalue weighted by molar-refractivity contribution is -0.115. The summed E-state index contributed by atoms with van der Waals surface area (Å²) in [6.07, 6.45) is 1.13. The van der Waals surface area contributed by atoms with E-state index in [-0.39, 0.29) is 24.3 Å². The second kappa shape index (κ2) is 8.29. The number of aryl methyl sites for hydroxylation is 1. The van der Waals surface area contributed by atoms with Gasteiger partial charge in [-0.1, -0.05) is 48.9 Å². The number of rotatable bonds is 6. The predicted molar refractivity (Wildman–Crippen MR) is 97.2 cm³/mol. The van der Waals surface area contributed by atoms with Crippen LogP contribution < -0.4 is 10.6 Å². The predicted octanol–water partition coefficient (Wildman–Crippen LogP) is 3.70. The zero-order valence-electron chi connectivity index (χ0n) is 14.4. The average Bonchev–Trinajstić information content (AvgIpc) is 2.57. The molecule has 24 heavy (non-hydrogen) atoms. The Hall–Kier alpha value is -2.62. The molecule has 0 unspecified atom stereocenters. The summed E-state index contributed by atoms with van der Waals surface area (Å²) in [5.41, 5.74) is 3.12. The molecule has 0 saturated carbocycles. The van der Waals surface area contributed by atoms with E-state index in [1.165, 1.54) is 0 Å². The minimum absolute atomic E-state index is 0.0915. The van der Waals surface area contributed by atoms with E-state index in [0.29, 0.717) is 11.3 Å². The molecule has 1 atom stereocenters. The summed E-state index contributed by atoms with van der Waals surface area (Å²) in [7, 11) is 0. The number of amides is 2. The maximum absolute atomic E-state index is 12.3. The molecule has 0 radical (unpaired) electrons. The maximum atomic E-state index is 12.3. The van der Waals surface area contributed by atoms with Gasteiger partial charge in [0.1, 0.15) is 0 Å². The largest absolute Gasteiger partial charge is 0.350 e. The van der Waals surface area contributed by atoms with Crippen LogP contribution in [-0.4, -0.2) is 17.9 Å². The molecule has 2 rings (SSSR count). The molecule has 0 aliphatic heterocycles. The summed E-state index contributed by atoms with van der Waals surface area (Å²) in [6.45, 7) is 5.98. The van der Waals surface area contributed by atoms with Crippen LogP contribution in [0.1, 0.15) is 41.8 Å². The second-order valence-electron chi connectivity index (χ2n) is 6.04. The van der Waals surface area contributed by atoms with Gasteiger partial charge in [0.25, 0.3) is 5.91 Å². The highest BCUT2D eigenvalue weighted by Crippen LogP contribution is 2.16. The Morgan fingerprint density at radius 2 is 1.71 bits per heavy atom. The lowest BCUT2D eigenvalue weighted by atomic mass is 10.1. The number of nitrogens with one attached hydrogen (secondary N) is 2. The number of carbonyl (C=O) groups excluding carboxylic acids is 2. The van der Waals surface area contributed by atoms with Crippen LogP contribution in [0.4, 0.5) is 5.69 Å². The van der Waals surface area contributed by atoms with Crippen molar-refractivity contribution in [3.63, 3.8) is 0 Å². The Morgan fingerprint density at radius 3 is 2.38 bits per heavy atom. The van der Waals surface area contributed by atoms with Gasteiger partial charge in [0.2, 0.25) is 5.91 Å². The lowest BCUT2D eigenvalue weighted by Gasteiger charge is -2.14. The first-order valence-corrected chi connectivity index (χ1v) is 8.25. The van der Waals surface area contributed by atoms with Crippen molar-refractivity contribution in [3.05, 3.63) is 65.2 Å². The molecule has 0 aromatic heterocycles. The first-order valence-electron chi connectivity index (χ1n) is 8.25. The zero-order valence-corrected chi connectivity index (χ0v) is 14.4. The summed E-state index contributed by atoms with van der Waals surface area (Å²) in [4.78, 5) is 24.6. The molecule has 0 aliphatic rings. The van der Waals surface area contributed by atoms with Gasteiger partial charge >= 0.3 is 0 Å². The quantitative estimate of drug-likeness (QED) is 0.851. The summed E-state index contributed by atoms with van der Waals surface area (Å²) in [6, 6.07) is 15.0. The summed E-state index contributed by atoms with van der Waals surface area (Å²) < 4.78 is 0. The fourth-order valence-electron chi connectivity index (χ4n) is 2.28. The van der Waals surface area contributed by atoms with Gasteiger partial charge in [0.05, 0.1) is 17.7 Å². The zero-order chi connectivity index (χ0) is 17.5. The van der Waals surface area contributed by atoms with E-state index in [4.69, 9.17) is 0 Å². The van der Waals surface area contributed by atoms with Crippen molar-refractivity contribution in [3.8, 4) is 0 Å². The topological polar surface area (TPSA) is 58.2 Å². The number of anilines is 1. The van der Waals surface area contributed by atoms with E-state index < -0.39 is 0 Å². The molecule has 126 valence electrons. The molecule has 2 aromatic carbocycles. The van der Waals surface area contributed by atoms with Gasteiger partial charge in [-0.05, 0) is 38.0 Å². The molecular formula is C20H24N2O2. The Bertz CT molecular complexity index is 708. The summed E-state index contributed by atoms with van der Waals surface area (Å²) >= 11 is 0. The highest BCUT2D eigenvalue weighted by molar-refractivity contribution is 6.04. The molecule has 0 fully saturated rings. The van der Waals surface area contributed by atoms with Crippen LogP contribution in [0.2, 0.25) is 0 Å². The number of hydrogen-bond acceptors (Lipinski definition) is 2. The standard InChI is InChI=1S/C20H24N2O2/c1-4-15(3)21-20(24)17-7-5-6-8-18(17)22-19(23)13-16-11-9-14(2)10-12-16/h5-12,15H,4,13H2,1-3H3,(H,21,24)(H,22,23)/t15-/m0/s1. The third-order valence-corrected chi connectivity index (χ3v) is 3.92. The molecule has 0 aliphatic carbocycles. The maximum Gasteiger partial charge on any atom is 0.253 e. The highest BCUT2D eigenvalue weighted by Gasteiger charge is 2.14. The van der Waals surface area contributed by atoms with Crippen LogP contribution in [0, 0.1) is 6.92 Å². The van der Waals surface area contributed by atoms with Gasteiger partial charge in [0.15, 0.2) is 0 Å². The molecule has 2 N–H and O–H groups in total. The van der Waals surface area contributed by atoms with E-state index in [1.54, 1.807) is 18.2 Å². The first-order chi connectivity index (χ1) is 11.5. The molecule has 4 nitrogen and oxygen atoms in total. The third-order valence-electron chi connectivity index (χ3n) is 3.92. The Labute approximate surface area is 143 Å². The van der Waals surface area contributed by atoms with Gasteiger partial charge < -0.3 is 10.6 Å². The van der Waals surface area contributed by atoms with Gasteiger partial charge in [0, 0.05) is 6.04 Å². The number of hydrogen-bond donors (Lipinski definition) is 2. The van der Waals surface area contributed by atoms with Gasteiger partial charge in [-0.2, -0.15) is 0 Å². The van der Waals surface area contributed by atoms with Crippen molar-refractivity contribution in [2.75, 3.05) is 5.32 Å². The van der Waals surface area contributed by atoms with Crippen LogP contribution in [0.15, 0.2) is 48.5 Å². The molecule has 2 aromatic rings. The van der Waals surface area contributed by atoms with Crippen molar-refractivity contribution < 1.29 is 9.59 Å². The molecule has 0 bridgehead atoms. The number of carbonyl (C=O) groups is 2. The second-order valence-corrected chi connectivity index (χ2v) is 6.04. The van der Waals surface area contributed by atoms with Gasteiger partial charge in [-0.15, -0.1) is 0 Å². The molecule has 4 heteroatoms. The Balaban J connectivity index is 2.07. The first kappa shape index (κ1) is 17.7. The van der Waals surface area contributed by atoms with Crippen LogP contribution in [-0.2, 0) is 11.2 Å². The smallest absolute Gasteiger partial charge is 0.253 e. The van der Waals surface area contributed by atoms with E-state index in [1.807, 2.05) is 51.1 Å². The van der Waals surface area contributed by atoms with Crippen molar-refractivity contribution in [2.24, 2.45) is 0 Å². The fourth-order valence-corrected chi connectivity index (χ4v) is 2.28. The Kier molecular flexibility index (Phi) is 6.13. The van der Waals surface area contributed by atoms with Gasteiger partial charge in [-0.25, -0.2) is 0 Å². The van der Waals surface area contributed by atoms with Crippen LogP contribution in [0.3, 0.4) is 0 Å². The molecule has 0 saturated heterocycles. The molecule has 0 heterocycles. The number of benzene rings is 2. The van der Waals surface area contributed by atoms with Crippen molar-refractivity contribution in [1.82, 2.24) is 5.32 Å². The molecular weight excluding hydrogens is 300 g/mol. The Morgan fingerprint density at radius 1 is 1.04 bits per heavy atom. The summed E-state index contributed by atoms with van der Waals surface area (Å²) in [5, 5.41) is 5.77. The minimum atomic E-state index is -0.171. The third kappa shape index (κ3) is 4.95. The lowest BCUT2D eigenvalue weighted by Crippen LogP contribution is -2.32. The normalized spacial score (nSPS) is 11.6. The number of para-hydroxylation sites is 1. The van der Waals surface area contributed by atoms with Crippen LogP contribution in [0.5, 0.6) is 0 Å². The minimum Gasteiger partial charge on any atom is -0.350 e. The van der Waals surface area contributed by atoms with E-state index in [2.05, 4.69) is 10.6 Å². The van der Waals surface area contributed by atoms with Crippen LogP contribution >= 0.6 is 0 Å². The van der Waals surface area contributed by atoms with E-state index in [0.717, 1.165) is 17.5 Å². The SMILES string of the molecule is CC[C@H](C)NC(=O)c1ccccc1NC(=O)Cc1ccc(C)cc1. The van der Waals surface area contributed by atoms with Crippen LogP contribution in [0.25, 0.3) is 0 Å². The van der Waals surface area contributed by atoms with E-state index >= 15 is 0 Å². The summed E-state index contributed by atoms with van der Waals surface area (Å²) in [5.74, 6) is -0.307. The van der Waals surface area contributed by atoms with Crippen molar-refractivity contribution in [2.45, 2.75) is 39.7 Å². The monoisotopic (exact) mass is 324 g/mol. The van der Waals surface area contributed by atoms with Gasteiger partial charge in [-0.3, -0.25) is 9.59 Å².